The monoisotopic (exact) mass is 405 g/mol. The van der Waals surface area contributed by atoms with Crippen LogP contribution in [0.2, 0.25) is 0 Å². The SMILES string of the molecule is CC(c1ccc2scnc2c1)N1CCc2ncc(S(C)(=O)=O)cc2C(F)C1. The Morgan fingerprint density at radius 3 is 2.89 bits per heavy atom. The molecule has 0 N–H and O–H groups in total. The van der Waals surface area contributed by atoms with Crippen molar-refractivity contribution >= 4 is 31.4 Å². The number of pyridine rings is 1. The van der Waals surface area contributed by atoms with Gasteiger partial charge in [0, 0.05) is 49.3 Å². The van der Waals surface area contributed by atoms with Crippen molar-refractivity contribution in [3.63, 3.8) is 0 Å². The van der Waals surface area contributed by atoms with Crippen LogP contribution in [-0.4, -0.2) is 42.6 Å². The molecule has 4 rings (SSSR count). The van der Waals surface area contributed by atoms with Crippen LogP contribution in [0, 0.1) is 0 Å². The van der Waals surface area contributed by atoms with Gasteiger partial charge in [0.2, 0.25) is 0 Å². The number of benzene rings is 1. The molecule has 0 saturated heterocycles. The van der Waals surface area contributed by atoms with E-state index in [-0.39, 0.29) is 17.5 Å². The highest BCUT2D eigenvalue weighted by Crippen LogP contribution is 2.32. The summed E-state index contributed by atoms with van der Waals surface area (Å²) in [7, 11) is -3.41. The Morgan fingerprint density at radius 2 is 2.11 bits per heavy atom. The van der Waals surface area contributed by atoms with Gasteiger partial charge in [-0.15, -0.1) is 11.3 Å². The Labute approximate surface area is 161 Å². The van der Waals surface area contributed by atoms with Crippen molar-refractivity contribution in [2.45, 2.75) is 30.5 Å². The number of fused-ring (bicyclic) bond motifs is 2. The van der Waals surface area contributed by atoms with E-state index >= 15 is 4.39 Å². The molecule has 5 nitrogen and oxygen atoms in total. The molecule has 0 aliphatic carbocycles. The van der Waals surface area contributed by atoms with E-state index in [1.807, 2.05) is 5.51 Å². The van der Waals surface area contributed by atoms with Crippen LogP contribution >= 0.6 is 11.3 Å². The third kappa shape index (κ3) is 3.61. The van der Waals surface area contributed by atoms with E-state index in [4.69, 9.17) is 0 Å². The minimum atomic E-state index is -3.41. The Balaban J connectivity index is 1.61. The molecule has 2 unspecified atom stereocenters. The third-order valence-electron chi connectivity index (χ3n) is 5.16. The molecular formula is C19H20FN3O2S2. The molecule has 1 aliphatic heterocycles. The average Bonchev–Trinajstić information content (AvgIpc) is 3.04. The van der Waals surface area contributed by atoms with Gasteiger partial charge < -0.3 is 0 Å². The molecule has 0 spiro atoms. The lowest BCUT2D eigenvalue weighted by atomic mass is 10.1. The van der Waals surface area contributed by atoms with Gasteiger partial charge in [0.1, 0.15) is 6.17 Å². The summed E-state index contributed by atoms with van der Waals surface area (Å²) in [6, 6.07) is 7.65. The van der Waals surface area contributed by atoms with Crippen molar-refractivity contribution in [1.82, 2.24) is 14.9 Å². The zero-order valence-electron chi connectivity index (χ0n) is 15.1. The van der Waals surface area contributed by atoms with Gasteiger partial charge in [-0.25, -0.2) is 17.8 Å². The zero-order valence-corrected chi connectivity index (χ0v) is 16.7. The minimum Gasteiger partial charge on any atom is -0.293 e. The van der Waals surface area contributed by atoms with Crippen LogP contribution in [0.3, 0.4) is 0 Å². The third-order valence-corrected chi connectivity index (χ3v) is 7.05. The summed E-state index contributed by atoms with van der Waals surface area (Å²) in [6.45, 7) is 2.93. The lowest BCUT2D eigenvalue weighted by Crippen LogP contribution is -2.30. The van der Waals surface area contributed by atoms with Gasteiger partial charge in [-0.05, 0) is 30.7 Å². The molecule has 1 aliphatic rings. The fourth-order valence-corrected chi connectivity index (χ4v) is 4.76. The van der Waals surface area contributed by atoms with E-state index < -0.39 is 16.0 Å². The standard InChI is InChI=1S/C19H20FN3O2S2/c1-12(13-3-4-19-18(7-13)22-11-26-19)23-6-5-17-15(16(20)10-23)8-14(9-21-17)27(2,24)25/h3-4,7-9,11-12,16H,5-6,10H2,1-2H3. The second kappa shape index (κ2) is 6.92. The highest BCUT2D eigenvalue weighted by Gasteiger charge is 2.28. The van der Waals surface area contributed by atoms with Crippen molar-refractivity contribution in [1.29, 1.82) is 0 Å². The fourth-order valence-electron chi connectivity index (χ4n) is 3.52. The lowest BCUT2D eigenvalue weighted by Gasteiger charge is -2.28. The molecule has 0 saturated carbocycles. The first-order valence-electron chi connectivity index (χ1n) is 8.73. The molecule has 2 atom stereocenters. The van der Waals surface area contributed by atoms with Crippen LogP contribution in [0.15, 0.2) is 40.9 Å². The second-order valence-corrected chi connectivity index (χ2v) is 9.85. The lowest BCUT2D eigenvalue weighted by molar-refractivity contribution is 0.161. The molecule has 0 radical (unpaired) electrons. The summed E-state index contributed by atoms with van der Waals surface area (Å²) in [5, 5.41) is 0. The van der Waals surface area contributed by atoms with Gasteiger partial charge in [0.25, 0.3) is 0 Å². The number of hydrogen-bond acceptors (Lipinski definition) is 6. The molecule has 142 valence electrons. The van der Waals surface area contributed by atoms with Gasteiger partial charge >= 0.3 is 0 Å². The Morgan fingerprint density at radius 1 is 1.30 bits per heavy atom. The molecule has 2 aromatic heterocycles. The van der Waals surface area contributed by atoms with Crippen molar-refractivity contribution in [3.05, 3.63) is 52.8 Å². The Hall–Kier alpha value is -1.90. The minimum absolute atomic E-state index is 0.0260. The number of nitrogens with zero attached hydrogens (tertiary/aromatic N) is 3. The zero-order chi connectivity index (χ0) is 19.2. The smallest absolute Gasteiger partial charge is 0.177 e. The molecule has 8 heteroatoms. The predicted molar refractivity (Wildman–Crippen MR) is 105 cm³/mol. The molecule has 0 bridgehead atoms. The Kier molecular flexibility index (Phi) is 4.73. The number of halogens is 1. The van der Waals surface area contributed by atoms with E-state index in [0.29, 0.717) is 24.2 Å². The molecule has 0 amide bonds. The number of thiazole rings is 1. The summed E-state index contributed by atoms with van der Waals surface area (Å²) in [4.78, 5) is 10.8. The second-order valence-electron chi connectivity index (χ2n) is 6.95. The molecule has 1 aromatic carbocycles. The summed E-state index contributed by atoms with van der Waals surface area (Å²) in [6.07, 6.45) is 1.75. The fraction of sp³-hybridized carbons (Fsp3) is 0.368. The summed E-state index contributed by atoms with van der Waals surface area (Å²) in [5.41, 5.74) is 4.90. The van der Waals surface area contributed by atoms with Gasteiger partial charge in [0.15, 0.2) is 9.84 Å². The van der Waals surface area contributed by atoms with Gasteiger partial charge in [-0.3, -0.25) is 9.88 Å². The van der Waals surface area contributed by atoms with Crippen LogP contribution in [0.4, 0.5) is 4.39 Å². The molecular weight excluding hydrogens is 385 g/mol. The van der Waals surface area contributed by atoms with E-state index in [1.165, 1.54) is 12.3 Å². The highest BCUT2D eigenvalue weighted by atomic mass is 32.2. The topological polar surface area (TPSA) is 63.2 Å². The number of alkyl halides is 1. The van der Waals surface area contributed by atoms with E-state index in [0.717, 1.165) is 22.0 Å². The van der Waals surface area contributed by atoms with E-state index in [9.17, 15) is 8.42 Å². The summed E-state index contributed by atoms with van der Waals surface area (Å²) < 4.78 is 39.7. The summed E-state index contributed by atoms with van der Waals surface area (Å²) in [5.74, 6) is 0. The van der Waals surface area contributed by atoms with E-state index in [2.05, 4.69) is 40.0 Å². The van der Waals surface area contributed by atoms with Crippen molar-refractivity contribution in [3.8, 4) is 0 Å². The van der Waals surface area contributed by atoms with Crippen LogP contribution < -0.4 is 0 Å². The van der Waals surface area contributed by atoms with Crippen molar-refractivity contribution < 1.29 is 12.8 Å². The largest absolute Gasteiger partial charge is 0.293 e. The van der Waals surface area contributed by atoms with E-state index in [1.54, 1.807) is 11.3 Å². The molecule has 0 fully saturated rings. The average molecular weight is 406 g/mol. The van der Waals surface area contributed by atoms with Gasteiger partial charge in [-0.1, -0.05) is 6.07 Å². The van der Waals surface area contributed by atoms with Gasteiger partial charge in [-0.2, -0.15) is 0 Å². The first kappa shape index (κ1) is 18.5. The van der Waals surface area contributed by atoms with Gasteiger partial charge in [0.05, 0.1) is 20.6 Å². The van der Waals surface area contributed by atoms with Crippen molar-refractivity contribution in [2.24, 2.45) is 0 Å². The normalized spacial score (nSPS) is 19.6. The first-order valence-corrected chi connectivity index (χ1v) is 11.5. The maximum atomic E-state index is 15.0. The molecule has 27 heavy (non-hydrogen) atoms. The maximum Gasteiger partial charge on any atom is 0.177 e. The number of rotatable bonds is 3. The highest BCUT2D eigenvalue weighted by molar-refractivity contribution is 7.90. The number of sulfone groups is 1. The quantitative estimate of drug-likeness (QED) is 0.664. The van der Waals surface area contributed by atoms with Crippen LogP contribution in [0.25, 0.3) is 10.2 Å². The Bertz CT molecular complexity index is 1100. The predicted octanol–water partition coefficient (Wildman–Crippen LogP) is 3.72. The molecule has 3 heterocycles. The maximum absolute atomic E-state index is 15.0. The number of aromatic nitrogens is 2. The van der Waals surface area contributed by atoms with Crippen LogP contribution in [0.1, 0.15) is 36.0 Å². The van der Waals surface area contributed by atoms with Crippen molar-refractivity contribution in [2.75, 3.05) is 19.3 Å². The number of hydrogen-bond donors (Lipinski definition) is 0. The summed E-state index contributed by atoms with van der Waals surface area (Å²) >= 11 is 1.60. The van der Waals surface area contributed by atoms with Crippen LogP contribution in [-0.2, 0) is 16.3 Å². The van der Waals surface area contributed by atoms with Crippen LogP contribution in [0.5, 0.6) is 0 Å². The molecule has 3 aromatic rings. The first-order chi connectivity index (χ1) is 12.8.